The molecule has 24 heavy (non-hydrogen) atoms. The molecule has 0 aliphatic heterocycles. The number of hydrogen-bond acceptors (Lipinski definition) is 3. The van der Waals surface area contributed by atoms with Gasteiger partial charge in [-0.25, -0.2) is 9.59 Å². The Labute approximate surface area is 142 Å². The SMILES string of the molecule is CCc1cccc(NC(=O)NC(Cc2ccccc2)C(=O)OC)c1. The van der Waals surface area contributed by atoms with E-state index in [0.29, 0.717) is 12.1 Å². The van der Waals surface area contributed by atoms with E-state index in [2.05, 4.69) is 10.6 Å². The fourth-order valence-corrected chi connectivity index (χ4v) is 2.38. The van der Waals surface area contributed by atoms with Crippen LogP contribution in [0.4, 0.5) is 10.5 Å². The van der Waals surface area contributed by atoms with E-state index in [0.717, 1.165) is 17.5 Å². The lowest BCUT2D eigenvalue weighted by Crippen LogP contribution is -2.45. The van der Waals surface area contributed by atoms with Crippen LogP contribution in [0, 0.1) is 0 Å². The lowest BCUT2D eigenvalue weighted by molar-refractivity contribution is -0.142. The van der Waals surface area contributed by atoms with Gasteiger partial charge in [0, 0.05) is 12.1 Å². The molecule has 2 aromatic rings. The number of methoxy groups -OCH3 is 1. The topological polar surface area (TPSA) is 67.4 Å². The summed E-state index contributed by atoms with van der Waals surface area (Å²) in [4.78, 5) is 24.1. The van der Waals surface area contributed by atoms with Crippen molar-refractivity contribution in [2.75, 3.05) is 12.4 Å². The average molecular weight is 326 g/mol. The van der Waals surface area contributed by atoms with E-state index >= 15 is 0 Å². The Morgan fingerprint density at radius 2 is 1.75 bits per heavy atom. The lowest BCUT2D eigenvalue weighted by atomic mass is 10.1. The number of urea groups is 1. The zero-order valence-corrected chi connectivity index (χ0v) is 13.9. The molecule has 2 rings (SSSR count). The molecule has 5 nitrogen and oxygen atoms in total. The summed E-state index contributed by atoms with van der Waals surface area (Å²) in [5, 5.41) is 5.43. The molecule has 0 saturated heterocycles. The molecule has 1 unspecified atom stereocenters. The largest absolute Gasteiger partial charge is 0.467 e. The van der Waals surface area contributed by atoms with Crippen molar-refractivity contribution in [3.63, 3.8) is 0 Å². The molecular weight excluding hydrogens is 304 g/mol. The highest BCUT2D eigenvalue weighted by molar-refractivity contribution is 5.92. The summed E-state index contributed by atoms with van der Waals surface area (Å²) in [6.07, 6.45) is 1.26. The number of benzene rings is 2. The standard InChI is InChI=1S/C19H22N2O3/c1-3-14-10-7-11-16(12-14)20-19(23)21-17(18(22)24-2)13-15-8-5-4-6-9-15/h4-12,17H,3,13H2,1-2H3,(H2,20,21,23). The van der Waals surface area contributed by atoms with Crippen LogP contribution >= 0.6 is 0 Å². The molecule has 0 spiro atoms. The molecule has 2 aromatic carbocycles. The molecule has 2 amide bonds. The van der Waals surface area contributed by atoms with Crippen molar-refractivity contribution in [1.82, 2.24) is 5.32 Å². The minimum atomic E-state index is -0.744. The second-order valence-corrected chi connectivity index (χ2v) is 5.42. The molecule has 0 fully saturated rings. The molecule has 0 bridgehead atoms. The first kappa shape index (κ1) is 17.5. The molecule has 0 radical (unpaired) electrons. The number of ether oxygens (including phenoxy) is 1. The van der Waals surface area contributed by atoms with E-state index in [1.54, 1.807) is 0 Å². The highest BCUT2D eigenvalue weighted by Crippen LogP contribution is 2.11. The van der Waals surface area contributed by atoms with Gasteiger partial charge in [0.2, 0.25) is 0 Å². The third kappa shape index (κ3) is 5.12. The second-order valence-electron chi connectivity index (χ2n) is 5.42. The zero-order chi connectivity index (χ0) is 17.4. The van der Waals surface area contributed by atoms with Crippen LogP contribution in [0.15, 0.2) is 54.6 Å². The number of anilines is 1. The van der Waals surface area contributed by atoms with E-state index in [1.165, 1.54) is 7.11 Å². The maximum Gasteiger partial charge on any atom is 0.328 e. The molecule has 0 aliphatic rings. The summed E-state index contributed by atoms with van der Waals surface area (Å²) in [6.45, 7) is 2.05. The Hall–Kier alpha value is -2.82. The second kappa shape index (κ2) is 8.72. The van der Waals surface area contributed by atoms with E-state index in [1.807, 2.05) is 61.5 Å². The lowest BCUT2D eigenvalue weighted by Gasteiger charge is -2.17. The summed E-state index contributed by atoms with van der Waals surface area (Å²) in [5.41, 5.74) is 2.76. The Morgan fingerprint density at radius 3 is 2.42 bits per heavy atom. The van der Waals surface area contributed by atoms with Crippen LogP contribution in [0.2, 0.25) is 0 Å². The number of carbonyl (C=O) groups excluding carboxylic acids is 2. The third-order valence-electron chi connectivity index (χ3n) is 3.67. The van der Waals surface area contributed by atoms with Crippen molar-refractivity contribution < 1.29 is 14.3 Å². The number of aryl methyl sites for hydroxylation is 1. The average Bonchev–Trinajstić information content (AvgIpc) is 2.61. The Kier molecular flexibility index (Phi) is 6.37. The van der Waals surface area contributed by atoms with Crippen molar-refractivity contribution in [2.24, 2.45) is 0 Å². The van der Waals surface area contributed by atoms with Gasteiger partial charge in [-0.1, -0.05) is 49.4 Å². The predicted molar refractivity (Wildman–Crippen MR) is 93.9 cm³/mol. The van der Waals surface area contributed by atoms with E-state index in [4.69, 9.17) is 4.74 Å². The molecule has 1 atom stereocenters. The van der Waals surface area contributed by atoms with Gasteiger partial charge in [-0.05, 0) is 29.7 Å². The Bertz CT molecular complexity index is 686. The van der Waals surface area contributed by atoms with Crippen LogP contribution in [-0.4, -0.2) is 25.2 Å². The molecule has 0 aromatic heterocycles. The van der Waals surface area contributed by atoms with Gasteiger partial charge in [0.1, 0.15) is 6.04 Å². The molecule has 0 heterocycles. The summed E-state index contributed by atoms with van der Waals surface area (Å²) in [6, 6.07) is 15.9. The third-order valence-corrected chi connectivity index (χ3v) is 3.67. The van der Waals surface area contributed by atoms with E-state index in [-0.39, 0.29) is 0 Å². The van der Waals surface area contributed by atoms with Gasteiger partial charge < -0.3 is 15.4 Å². The molecule has 0 aliphatic carbocycles. The van der Waals surface area contributed by atoms with Crippen LogP contribution in [0.5, 0.6) is 0 Å². The summed E-state index contributed by atoms with van der Waals surface area (Å²) >= 11 is 0. The molecule has 0 saturated carbocycles. The Morgan fingerprint density at radius 1 is 1.04 bits per heavy atom. The monoisotopic (exact) mass is 326 g/mol. The molecular formula is C19H22N2O3. The summed E-state index contributed by atoms with van der Waals surface area (Å²) in [5.74, 6) is -0.476. The van der Waals surface area contributed by atoms with Gasteiger partial charge in [-0.2, -0.15) is 0 Å². The highest BCUT2D eigenvalue weighted by atomic mass is 16.5. The van der Waals surface area contributed by atoms with Crippen molar-refractivity contribution in [3.05, 3.63) is 65.7 Å². The first-order valence-electron chi connectivity index (χ1n) is 7.90. The predicted octanol–water partition coefficient (Wildman–Crippen LogP) is 3.15. The van der Waals surface area contributed by atoms with Gasteiger partial charge in [0.15, 0.2) is 0 Å². The molecule has 5 heteroatoms. The Balaban J connectivity index is 2.02. The van der Waals surface area contributed by atoms with Crippen LogP contribution in [0.1, 0.15) is 18.1 Å². The van der Waals surface area contributed by atoms with Gasteiger partial charge in [0.25, 0.3) is 0 Å². The summed E-state index contributed by atoms with van der Waals surface area (Å²) in [7, 11) is 1.31. The minimum absolute atomic E-state index is 0.371. The van der Waals surface area contributed by atoms with Crippen LogP contribution in [-0.2, 0) is 22.4 Å². The highest BCUT2D eigenvalue weighted by Gasteiger charge is 2.22. The van der Waals surface area contributed by atoms with E-state index in [9.17, 15) is 9.59 Å². The van der Waals surface area contributed by atoms with Gasteiger partial charge in [-0.3, -0.25) is 0 Å². The van der Waals surface area contributed by atoms with Crippen LogP contribution in [0.25, 0.3) is 0 Å². The van der Waals surface area contributed by atoms with Gasteiger partial charge in [0.05, 0.1) is 7.11 Å². The normalized spacial score (nSPS) is 11.4. The van der Waals surface area contributed by atoms with Crippen molar-refractivity contribution in [1.29, 1.82) is 0 Å². The number of rotatable bonds is 6. The number of esters is 1. The number of amides is 2. The smallest absolute Gasteiger partial charge is 0.328 e. The van der Waals surface area contributed by atoms with Crippen molar-refractivity contribution >= 4 is 17.7 Å². The van der Waals surface area contributed by atoms with Crippen molar-refractivity contribution in [3.8, 4) is 0 Å². The van der Waals surface area contributed by atoms with Crippen molar-refractivity contribution in [2.45, 2.75) is 25.8 Å². The fourth-order valence-electron chi connectivity index (χ4n) is 2.38. The first-order valence-corrected chi connectivity index (χ1v) is 7.90. The van der Waals surface area contributed by atoms with Gasteiger partial charge >= 0.3 is 12.0 Å². The van der Waals surface area contributed by atoms with Gasteiger partial charge in [-0.15, -0.1) is 0 Å². The number of carbonyl (C=O) groups is 2. The van der Waals surface area contributed by atoms with E-state index < -0.39 is 18.0 Å². The maximum absolute atomic E-state index is 12.2. The fraction of sp³-hybridized carbons (Fsp3) is 0.263. The number of hydrogen-bond donors (Lipinski definition) is 2. The number of nitrogens with one attached hydrogen (secondary N) is 2. The first-order chi connectivity index (χ1) is 11.6. The molecule has 126 valence electrons. The van der Waals surface area contributed by atoms with Crippen LogP contribution in [0.3, 0.4) is 0 Å². The summed E-state index contributed by atoms with van der Waals surface area (Å²) < 4.78 is 4.79. The zero-order valence-electron chi connectivity index (χ0n) is 13.9. The molecule has 2 N–H and O–H groups in total. The minimum Gasteiger partial charge on any atom is -0.467 e. The quantitative estimate of drug-likeness (QED) is 0.801. The maximum atomic E-state index is 12.2. The van der Waals surface area contributed by atoms with Crippen LogP contribution < -0.4 is 10.6 Å².